The topological polar surface area (TPSA) is 66.7 Å². The van der Waals surface area contributed by atoms with Gasteiger partial charge in [-0.3, -0.25) is 14.6 Å². The summed E-state index contributed by atoms with van der Waals surface area (Å²) in [5.41, 5.74) is 1.28. The van der Waals surface area contributed by atoms with E-state index in [1.54, 1.807) is 0 Å². The number of nitrogens with one attached hydrogen (secondary N) is 2. The van der Waals surface area contributed by atoms with Crippen LogP contribution in [0, 0.1) is 5.92 Å². The van der Waals surface area contributed by atoms with E-state index in [1.165, 1.54) is 5.56 Å². The molecule has 0 bridgehead atoms. The molecule has 0 aliphatic carbocycles. The third-order valence-electron chi connectivity index (χ3n) is 4.68. The van der Waals surface area contributed by atoms with Crippen molar-refractivity contribution < 1.29 is 4.74 Å². The summed E-state index contributed by atoms with van der Waals surface area (Å²) >= 11 is 0. The Morgan fingerprint density at radius 2 is 2.08 bits per heavy atom. The van der Waals surface area contributed by atoms with Gasteiger partial charge in [-0.2, -0.15) is 5.10 Å². The van der Waals surface area contributed by atoms with E-state index in [4.69, 9.17) is 4.74 Å². The summed E-state index contributed by atoms with van der Waals surface area (Å²) in [4.78, 5) is 6.87. The Bertz CT molecular complexity index is 521. The number of aryl methyl sites for hydroxylation is 2. The Labute approximate surface area is 151 Å². The maximum Gasteiger partial charge on any atom is 0.191 e. The van der Waals surface area contributed by atoms with Gasteiger partial charge in [0, 0.05) is 52.5 Å². The lowest BCUT2D eigenvalue weighted by Crippen LogP contribution is -2.52. The van der Waals surface area contributed by atoms with Crippen LogP contribution in [-0.2, 0) is 18.2 Å². The average molecular weight is 351 g/mol. The number of aliphatic imine (C=N–C) groups is 1. The van der Waals surface area contributed by atoms with E-state index in [2.05, 4.69) is 45.7 Å². The SMILES string of the molecule is CN=C(NCCCc1cnn(C)c1)NCC(C(C)C)N1CCOCC1. The summed E-state index contributed by atoms with van der Waals surface area (Å²) in [6, 6.07) is 0.498. The van der Waals surface area contributed by atoms with Gasteiger partial charge in [-0.1, -0.05) is 13.8 Å². The summed E-state index contributed by atoms with van der Waals surface area (Å²) < 4.78 is 7.32. The molecule has 25 heavy (non-hydrogen) atoms. The Balaban J connectivity index is 1.70. The van der Waals surface area contributed by atoms with Gasteiger partial charge in [0.15, 0.2) is 5.96 Å². The molecule has 1 aromatic heterocycles. The van der Waals surface area contributed by atoms with Crippen LogP contribution >= 0.6 is 0 Å². The van der Waals surface area contributed by atoms with Crippen molar-refractivity contribution in [3.8, 4) is 0 Å². The summed E-state index contributed by atoms with van der Waals surface area (Å²) in [6.45, 7) is 10.1. The van der Waals surface area contributed by atoms with Crippen LogP contribution in [0.5, 0.6) is 0 Å². The van der Waals surface area contributed by atoms with Gasteiger partial charge in [-0.05, 0) is 24.3 Å². The Hall–Kier alpha value is -1.60. The number of rotatable bonds is 8. The first-order valence-corrected chi connectivity index (χ1v) is 9.34. The molecule has 2 rings (SSSR count). The van der Waals surface area contributed by atoms with Crippen LogP contribution in [0.15, 0.2) is 17.4 Å². The van der Waals surface area contributed by atoms with Gasteiger partial charge in [0.05, 0.1) is 19.4 Å². The van der Waals surface area contributed by atoms with Crippen molar-refractivity contribution in [1.82, 2.24) is 25.3 Å². The fourth-order valence-electron chi connectivity index (χ4n) is 3.22. The third kappa shape index (κ3) is 6.66. The van der Waals surface area contributed by atoms with Crippen LogP contribution in [0.2, 0.25) is 0 Å². The van der Waals surface area contributed by atoms with E-state index in [9.17, 15) is 0 Å². The number of guanidine groups is 1. The normalized spacial score (nSPS) is 17.7. The second-order valence-corrected chi connectivity index (χ2v) is 6.97. The highest BCUT2D eigenvalue weighted by Crippen LogP contribution is 2.12. The number of aromatic nitrogens is 2. The van der Waals surface area contributed by atoms with Crippen molar-refractivity contribution in [2.75, 3.05) is 46.4 Å². The first-order valence-electron chi connectivity index (χ1n) is 9.34. The monoisotopic (exact) mass is 350 g/mol. The first kappa shape index (κ1) is 19.7. The maximum absolute atomic E-state index is 5.48. The molecule has 0 spiro atoms. The maximum atomic E-state index is 5.48. The molecule has 7 heteroatoms. The van der Waals surface area contributed by atoms with Gasteiger partial charge in [0.25, 0.3) is 0 Å². The molecule has 0 radical (unpaired) electrons. The Morgan fingerprint density at radius 3 is 2.68 bits per heavy atom. The van der Waals surface area contributed by atoms with E-state index in [0.717, 1.165) is 58.2 Å². The van der Waals surface area contributed by atoms with Crippen LogP contribution in [0.4, 0.5) is 0 Å². The molecule has 1 atom stereocenters. The van der Waals surface area contributed by atoms with E-state index < -0.39 is 0 Å². The van der Waals surface area contributed by atoms with Crippen LogP contribution in [-0.4, -0.2) is 73.1 Å². The van der Waals surface area contributed by atoms with Gasteiger partial charge in [0.1, 0.15) is 0 Å². The van der Waals surface area contributed by atoms with Gasteiger partial charge in [0.2, 0.25) is 0 Å². The van der Waals surface area contributed by atoms with Crippen molar-refractivity contribution in [2.45, 2.75) is 32.7 Å². The summed E-state index contributed by atoms with van der Waals surface area (Å²) in [7, 11) is 3.78. The predicted octanol–water partition coefficient (Wildman–Crippen LogP) is 0.875. The van der Waals surface area contributed by atoms with Crippen LogP contribution in [0.3, 0.4) is 0 Å². The van der Waals surface area contributed by atoms with E-state index in [1.807, 2.05) is 25.0 Å². The van der Waals surface area contributed by atoms with Crippen molar-refractivity contribution in [3.05, 3.63) is 18.0 Å². The molecule has 2 N–H and O–H groups in total. The van der Waals surface area contributed by atoms with Gasteiger partial charge >= 0.3 is 0 Å². The third-order valence-corrected chi connectivity index (χ3v) is 4.68. The average Bonchev–Trinajstić information content (AvgIpc) is 3.03. The Kier molecular flexibility index (Phi) is 8.21. The minimum absolute atomic E-state index is 0.498. The van der Waals surface area contributed by atoms with E-state index >= 15 is 0 Å². The second kappa shape index (κ2) is 10.4. The fraction of sp³-hybridized carbons (Fsp3) is 0.778. The second-order valence-electron chi connectivity index (χ2n) is 6.97. The highest BCUT2D eigenvalue weighted by Gasteiger charge is 2.23. The quantitative estimate of drug-likeness (QED) is 0.414. The largest absolute Gasteiger partial charge is 0.379 e. The Morgan fingerprint density at radius 1 is 1.32 bits per heavy atom. The minimum atomic E-state index is 0.498. The molecule has 1 aliphatic rings. The van der Waals surface area contributed by atoms with Crippen molar-refractivity contribution in [2.24, 2.45) is 18.0 Å². The van der Waals surface area contributed by atoms with Crippen molar-refractivity contribution in [3.63, 3.8) is 0 Å². The number of ether oxygens (including phenoxy) is 1. The highest BCUT2D eigenvalue weighted by atomic mass is 16.5. The number of nitrogens with zero attached hydrogens (tertiary/aromatic N) is 4. The summed E-state index contributed by atoms with van der Waals surface area (Å²) in [6.07, 6.45) is 6.09. The van der Waals surface area contributed by atoms with Crippen molar-refractivity contribution >= 4 is 5.96 Å². The summed E-state index contributed by atoms with van der Waals surface area (Å²) in [5.74, 6) is 1.47. The predicted molar refractivity (Wildman–Crippen MR) is 102 cm³/mol. The van der Waals surface area contributed by atoms with E-state index in [-0.39, 0.29) is 0 Å². The molecule has 1 saturated heterocycles. The zero-order chi connectivity index (χ0) is 18.1. The van der Waals surface area contributed by atoms with Crippen LogP contribution < -0.4 is 10.6 Å². The molecule has 1 aromatic rings. The molecular weight excluding hydrogens is 316 g/mol. The summed E-state index contributed by atoms with van der Waals surface area (Å²) in [5, 5.41) is 11.1. The van der Waals surface area contributed by atoms with E-state index in [0.29, 0.717) is 12.0 Å². The molecule has 0 saturated carbocycles. The molecule has 7 nitrogen and oxygen atoms in total. The lowest BCUT2D eigenvalue weighted by molar-refractivity contribution is 0.00752. The molecule has 142 valence electrons. The lowest BCUT2D eigenvalue weighted by atomic mass is 10.0. The smallest absolute Gasteiger partial charge is 0.191 e. The zero-order valence-corrected chi connectivity index (χ0v) is 16.2. The van der Waals surface area contributed by atoms with Crippen LogP contribution in [0.1, 0.15) is 25.8 Å². The lowest BCUT2D eigenvalue weighted by Gasteiger charge is -2.37. The molecule has 1 aliphatic heterocycles. The zero-order valence-electron chi connectivity index (χ0n) is 16.2. The molecular formula is C18H34N6O. The van der Waals surface area contributed by atoms with Gasteiger partial charge < -0.3 is 15.4 Å². The van der Waals surface area contributed by atoms with Gasteiger partial charge in [-0.25, -0.2) is 0 Å². The molecule has 0 amide bonds. The standard InChI is InChI=1S/C18H34N6O/c1-15(2)17(24-8-10-25-11-9-24)13-21-18(19-3)20-7-5-6-16-12-22-23(4)14-16/h12,14-15,17H,5-11,13H2,1-4H3,(H2,19,20,21). The molecule has 2 heterocycles. The molecule has 1 fully saturated rings. The highest BCUT2D eigenvalue weighted by molar-refractivity contribution is 5.79. The van der Waals surface area contributed by atoms with Gasteiger partial charge in [-0.15, -0.1) is 0 Å². The van der Waals surface area contributed by atoms with Crippen LogP contribution in [0.25, 0.3) is 0 Å². The number of morpholine rings is 1. The fourth-order valence-corrected chi connectivity index (χ4v) is 3.22. The minimum Gasteiger partial charge on any atom is -0.379 e. The number of hydrogen-bond acceptors (Lipinski definition) is 4. The van der Waals surface area contributed by atoms with Crippen molar-refractivity contribution in [1.29, 1.82) is 0 Å². The number of hydrogen-bond donors (Lipinski definition) is 2. The molecule has 1 unspecified atom stereocenters. The first-order chi connectivity index (χ1) is 12.1. The molecule has 0 aromatic carbocycles.